The lowest BCUT2D eigenvalue weighted by atomic mass is 10.1. The highest BCUT2D eigenvalue weighted by molar-refractivity contribution is 7.14. The fourth-order valence-electron chi connectivity index (χ4n) is 2.28. The highest BCUT2D eigenvalue weighted by Gasteiger charge is 2.16. The van der Waals surface area contributed by atoms with E-state index in [1.165, 1.54) is 31.6 Å². The van der Waals surface area contributed by atoms with Crippen molar-refractivity contribution in [1.82, 2.24) is 4.98 Å². The molecule has 0 aliphatic rings. The van der Waals surface area contributed by atoms with Crippen molar-refractivity contribution >= 4 is 22.4 Å². The minimum Gasteiger partial charge on any atom is -0.497 e. The molecule has 3 aromatic rings. The van der Waals surface area contributed by atoms with Crippen LogP contribution in [-0.2, 0) is 0 Å². The number of rotatable bonds is 5. The predicted molar refractivity (Wildman–Crippen MR) is 95.0 cm³/mol. The number of nitrogens with one attached hydrogen (secondary N) is 1. The summed E-state index contributed by atoms with van der Waals surface area (Å²) < 4.78 is 36.7. The lowest BCUT2D eigenvalue weighted by molar-refractivity contribution is 0.102. The third-order valence-electron chi connectivity index (χ3n) is 3.59. The standard InChI is InChI=1S/C18H14F2N2O3S/c1-24-11-4-6-16(25-2)12(8-11)17(23)22-18-21-15(9-26-18)10-3-5-13(19)14(20)7-10/h3-9H,1-2H3,(H,21,22,23). The molecular weight excluding hydrogens is 362 g/mol. The molecule has 134 valence electrons. The van der Waals surface area contributed by atoms with Crippen LogP contribution in [0.3, 0.4) is 0 Å². The van der Waals surface area contributed by atoms with E-state index in [4.69, 9.17) is 9.47 Å². The zero-order valence-electron chi connectivity index (χ0n) is 13.9. The van der Waals surface area contributed by atoms with Crippen molar-refractivity contribution < 1.29 is 23.0 Å². The number of carbonyl (C=O) groups excluding carboxylic acids is 1. The van der Waals surface area contributed by atoms with Gasteiger partial charge in [0.2, 0.25) is 0 Å². The van der Waals surface area contributed by atoms with E-state index >= 15 is 0 Å². The number of halogens is 2. The second-order valence-electron chi connectivity index (χ2n) is 5.19. The van der Waals surface area contributed by atoms with Crippen LogP contribution in [-0.4, -0.2) is 25.1 Å². The Bertz CT molecular complexity index is 959. The van der Waals surface area contributed by atoms with Gasteiger partial charge in [0.1, 0.15) is 11.5 Å². The van der Waals surface area contributed by atoms with Gasteiger partial charge in [-0.3, -0.25) is 10.1 Å². The van der Waals surface area contributed by atoms with Gasteiger partial charge < -0.3 is 9.47 Å². The van der Waals surface area contributed by atoms with E-state index in [2.05, 4.69) is 10.3 Å². The van der Waals surface area contributed by atoms with Gasteiger partial charge in [0.15, 0.2) is 16.8 Å². The van der Waals surface area contributed by atoms with Crippen LogP contribution in [0.15, 0.2) is 41.8 Å². The molecule has 0 fully saturated rings. The van der Waals surface area contributed by atoms with Crippen molar-refractivity contribution in [2.24, 2.45) is 0 Å². The summed E-state index contributed by atoms with van der Waals surface area (Å²) in [5.74, 6) is -1.41. The number of hydrogen-bond donors (Lipinski definition) is 1. The predicted octanol–water partition coefficient (Wildman–Crippen LogP) is 4.36. The van der Waals surface area contributed by atoms with E-state index < -0.39 is 17.5 Å². The van der Waals surface area contributed by atoms with Crippen LogP contribution in [0.1, 0.15) is 10.4 Å². The van der Waals surface area contributed by atoms with Gasteiger partial charge in [-0.1, -0.05) is 0 Å². The van der Waals surface area contributed by atoms with Crippen molar-refractivity contribution in [3.05, 3.63) is 59.0 Å². The van der Waals surface area contributed by atoms with Crippen LogP contribution in [0.2, 0.25) is 0 Å². The van der Waals surface area contributed by atoms with Crippen molar-refractivity contribution in [3.63, 3.8) is 0 Å². The fraction of sp³-hybridized carbons (Fsp3) is 0.111. The van der Waals surface area contributed by atoms with E-state index in [-0.39, 0.29) is 5.56 Å². The van der Waals surface area contributed by atoms with E-state index in [0.717, 1.165) is 12.1 Å². The largest absolute Gasteiger partial charge is 0.497 e. The third kappa shape index (κ3) is 3.65. The SMILES string of the molecule is COc1ccc(OC)c(C(=O)Nc2nc(-c3ccc(F)c(F)c3)cs2)c1. The number of carbonyl (C=O) groups is 1. The Morgan fingerprint density at radius 1 is 1.08 bits per heavy atom. The molecule has 0 saturated heterocycles. The summed E-state index contributed by atoms with van der Waals surface area (Å²) in [6.07, 6.45) is 0. The van der Waals surface area contributed by atoms with E-state index in [9.17, 15) is 13.6 Å². The van der Waals surface area contributed by atoms with Crippen molar-refractivity contribution in [3.8, 4) is 22.8 Å². The number of methoxy groups -OCH3 is 2. The normalized spacial score (nSPS) is 10.5. The molecule has 0 radical (unpaired) electrons. The average Bonchev–Trinajstić information content (AvgIpc) is 3.11. The first kappa shape index (κ1) is 17.8. The molecule has 2 aromatic carbocycles. The Hall–Kier alpha value is -3.00. The number of ether oxygens (including phenoxy) is 2. The fourth-order valence-corrected chi connectivity index (χ4v) is 2.99. The Balaban J connectivity index is 1.83. The maximum absolute atomic E-state index is 13.4. The maximum Gasteiger partial charge on any atom is 0.261 e. The van der Waals surface area contributed by atoms with Gasteiger partial charge in [-0.15, -0.1) is 11.3 Å². The van der Waals surface area contributed by atoms with Gasteiger partial charge in [-0.25, -0.2) is 13.8 Å². The van der Waals surface area contributed by atoms with Gasteiger partial charge in [0.25, 0.3) is 5.91 Å². The maximum atomic E-state index is 13.4. The smallest absolute Gasteiger partial charge is 0.261 e. The number of amides is 1. The molecule has 1 aromatic heterocycles. The van der Waals surface area contributed by atoms with Crippen LogP contribution in [0.5, 0.6) is 11.5 Å². The summed E-state index contributed by atoms with van der Waals surface area (Å²) in [5, 5.41) is 4.63. The van der Waals surface area contributed by atoms with Crippen LogP contribution in [0, 0.1) is 11.6 Å². The number of nitrogens with zero attached hydrogens (tertiary/aromatic N) is 1. The lowest BCUT2D eigenvalue weighted by Gasteiger charge is -2.09. The topological polar surface area (TPSA) is 60.5 Å². The lowest BCUT2D eigenvalue weighted by Crippen LogP contribution is -2.13. The quantitative estimate of drug-likeness (QED) is 0.719. The molecule has 1 N–H and O–H groups in total. The summed E-state index contributed by atoms with van der Waals surface area (Å²) in [6, 6.07) is 8.37. The monoisotopic (exact) mass is 376 g/mol. The number of anilines is 1. The summed E-state index contributed by atoms with van der Waals surface area (Å²) in [6.45, 7) is 0. The van der Waals surface area contributed by atoms with Crippen LogP contribution in [0.4, 0.5) is 13.9 Å². The Morgan fingerprint density at radius 2 is 1.88 bits per heavy atom. The zero-order valence-corrected chi connectivity index (χ0v) is 14.7. The van der Waals surface area contributed by atoms with E-state index in [0.29, 0.717) is 27.9 Å². The first-order valence-corrected chi connectivity index (χ1v) is 8.34. The molecule has 0 bridgehead atoms. The molecule has 0 spiro atoms. The molecule has 0 unspecified atom stereocenters. The van der Waals surface area contributed by atoms with Gasteiger partial charge in [-0.2, -0.15) is 0 Å². The van der Waals surface area contributed by atoms with Crippen molar-refractivity contribution in [1.29, 1.82) is 0 Å². The van der Waals surface area contributed by atoms with Gasteiger partial charge in [0, 0.05) is 10.9 Å². The number of benzene rings is 2. The number of aromatic nitrogens is 1. The molecule has 0 aliphatic carbocycles. The molecule has 1 heterocycles. The average molecular weight is 376 g/mol. The number of thiazole rings is 1. The molecule has 8 heteroatoms. The molecular formula is C18H14F2N2O3S. The van der Waals surface area contributed by atoms with Crippen LogP contribution < -0.4 is 14.8 Å². The molecule has 5 nitrogen and oxygen atoms in total. The zero-order chi connectivity index (χ0) is 18.7. The van der Waals surface area contributed by atoms with E-state index in [1.807, 2.05) is 0 Å². The molecule has 0 atom stereocenters. The molecule has 3 rings (SSSR count). The Kier molecular flexibility index (Phi) is 5.13. The molecule has 1 amide bonds. The van der Waals surface area contributed by atoms with E-state index in [1.54, 1.807) is 23.6 Å². The van der Waals surface area contributed by atoms with Crippen LogP contribution in [0.25, 0.3) is 11.3 Å². The van der Waals surface area contributed by atoms with Gasteiger partial charge in [0.05, 0.1) is 25.5 Å². The summed E-state index contributed by atoms with van der Waals surface area (Å²) >= 11 is 1.17. The molecule has 0 aliphatic heterocycles. The summed E-state index contributed by atoms with van der Waals surface area (Å²) in [7, 11) is 2.96. The first-order chi connectivity index (χ1) is 12.5. The minimum absolute atomic E-state index is 0.288. The van der Waals surface area contributed by atoms with Gasteiger partial charge >= 0.3 is 0 Å². The summed E-state index contributed by atoms with van der Waals surface area (Å²) in [4.78, 5) is 16.8. The highest BCUT2D eigenvalue weighted by Crippen LogP contribution is 2.28. The first-order valence-electron chi connectivity index (χ1n) is 7.46. The second-order valence-corrected chi connectivity index (χ2v) is 6.05. The van der Waals surface area contributed by atoms with Crippen molar-refractivity contribution in [2.45, 2.75) is 0 Å². The molecule has 0 saturated carbocycles. The Labute approximate surface area is 152 Å². The van der Waals surface area contributed by atoms with Crippen molar-refractivity contribution in [2.75, 3.05) is 19.5 Å². The molecule has 26 heavy (non-hydrogen) atoms. The van der Waals surface area contributed by atoms with Crippen LogP contribution >= 0.6 is 11.3 Å². The second kappa shape index (κ2) is 7.49. The third-order valence-corrected chi connectivity index (χ3v) is 4.35. The Morgan fingerprint density at radius 3 is 2.58 bits per heavy atom. The highest BCUT2D eigenvalue weighted by atomic mass is 32.1. The number of hydrogen-bond acceptors (Lipinski definition) is 5. The minimum atomic E-state index is -0.956. The summed E-state index contributed by atoms with van der Waals surface area (Å²) in [5.41, 5.74) is 1.14. The van der Waals surface area contributed by atoms with Gasteiger partial charge in [-0.05, 0) is 36.4 Å².